The summed E-state index contributed by atoms with van der Waals surface area (Å²) in [6.45, 7) is 6.55. The third-order valence-corrected chi connectivity index (χ3v) is 2.48. The molecule has 0 unspecified atom stereocenters. The monoisotopic (exact) mass is 198 g/mol. The maximum absolute atomic E-state index is 4.65. The molecule has 1 aromatic carbocycles. The molecule has 77 valence electrons. The van der Waals surface area contributed by atoms with E-state index >= 15 is 0 Å². The van der Waals surface area contributed by atoms with Crippen molar-refractivity contribution < 1.29 is 0 Å². The van der Waals surface area contributed by atoms with E-state index in [-0.39, 0.29) is 5.41 Å². The second-order valence-electron chi connectivity index (χ2n) is 4.83. The SMILES string of the molecule is CC(C)(C)C1=CC=C(c2ccccc2)[N]1. The molecular formula is C14H16N. The fourth-order valence-electron chi connectivity index (χ4n) is 1.55. The Morgan fingerprint density at radius 1 is 0.933 bits per heavy atom. The van der Waals surface area contributed by atoms with E-state index < -0.39 is 0 Å². The number of hydrogen-bond donors (Lipinski definition) is 0. The van der Waals surface area contributed by atoms with E-state index in [2.05, 4.69) is 50.4 Å². The summed E-state index contributed by atoms with van der Waals surface area (Å²) in [6.07, 6.45) is 4.21. The van der Waals surface area contributed by atoms with Crippen LogP contribution in [0.2, 0.25) is 0 Å². The fraction of sp³-hybridized carbons (Fsp3) is 0.286. The zero-order valence-corrected chi connectivity index (χ0v) is 9.49. The van der Waals surface area contributed by atoms with E-state index in [1.807, 2.05) is 18.2 Å². The van der Waals surface area contributed by atoms with Crippen LogP contribution in [0.1, 0.15) is 26.3 Å². The van der Waals surface area contributed by atoms with Crippen molar-refractivity contribution >= 4 is 5.70 Å². The minimum absolute atomic E-state index is 0.132. The highest BCUT2D eigenvalue weighted by molar-refractivity contribution is 5.70. The van der Waals surface area contributed by atoms with Gasteiger partial charge in [0.25, 0.3) is 0 Å². The first kappa shape index (κ1) is 10.0. The highest BCUT2D eigenvalue weighted by Crippen LogP contribution is 2.31. The van der Waals surface area contributed by atoms with Gasteiger partial charge in [0.1, 0.15) is 0 Å². The average molecular weight is 198 g/mol. The lowest BCUT2D eigenvalue weighted by Crippen LogP contribution is -2.15. The van der Waals surface area contributed by atoms with Gasteiger partial charge < -0.3 is 0 Å². The Labute approximate surface area is 91.5 Å². The van der Waals surface area contributed by atoms with Gasteiger partial charge in [-0.15, -0.1) is 0 Å². The van der Waals surface area contributed by atoms with Crippen molar-refractivity contribution in [2.45, 2.75) is 20.8 Å². The molecule has 0 atom stereocenters. The third kappa shape index (κ3) is 2.12. The van der Waals surface area contributed by atoms with E-state index in [4.69, 9.17) is 0 Å². The van der Waals surface area contributed by atoms with Crippen LogP contribution >= 0.6 is 0 Å². The maximum atomic E-state index is 4.65. The molecular weight excluding hydrogens is 182 g/mol. The van der Waals surface area contributed by atoms with Gasteiger partial charge in [-0.2, -0.15) is 0 Å². The fourth-order valence-corrected chi connectivity index (χ4v) is 1.55. The molecule has 1 aromatic rings. The van der Waals surface area contributed by atoms with E-state index in [9.17, 15) is 0 Å². The lowest BCUT2D eigenvalue weighted by molar-refractivity contribution is 0.482. The Hall–Kier alpha value is -1.50. The summed E-state index contributed by atoms with van der Waals surface area (Å²) in [5, 5.41) is 4.65. The van der Waals surface area contributed by atoms with Gasteiger partial charge >= 0.3 is 0 Å². The Morgan fingerprint density at radius 2 is 1.60 bits per heavy atom. The first-order valence-corrected chi connectivity index (χ1v) is 5.27. The van der Waals surface area contributed by atoms with Gasteiger partial charge in [0.05, 0.1) is 5.70 Å². The molecule has 0 aliphatic carbocycles. The van der Waals surface area contributed by atoms with Crippen molar-refractivity contribution in [1.29, 1.82) is 0 Å². The molecule has 1 nitrogen and oxygen atoms in total. The van der Waals surface area contributed by atoms with Crippen LogP contribution in [0.4, 0.5) is 0 Å². The minimum atomic E-state index is 0.132. The summed E-state index contributed by atoms with van der Waals surface area (Å²) in [6, 6.07) is 10.3. The third-order valence-electron chi connectivity index (χ3n) is 2.48. The first-order valence-electron chi connectivity index (χ1n) is 5.27. The van der Waals surface area contributed by atoms with Crippen molar-refractivity contribution in [3.63, 3.8) is 0 Å². The van der Waals surface area contributed by atoms with Crippen molar-refractivity contribution in [3.8, 4) is 0 Å². The Bertz CT molecular complexity index is 405. The Morgan fingerprint density at radius 3 is 2.13 bits per heavy atom. The average Bonchev–Trinajstić information content (AvgIpc) is 2.67. The van der Waals surface area contributed by atoms with E-state index in [1.54, 1.807) is 0 Å². The van der Waals surface area contributed by atoms with Crippen LogP contribution in [0.3, 0.4) is 0 Å². The molecule has 1 radical (unpaired) electrons. The summed E-state index contributed by atoms with van der Waals surface area (Å²) >= 11 is 0. The zero-order chi connectivity index (χ0) is 10.9. The summed E-state index contributed by atoms with van der Waals surface area (Å²) in [5.74, 6) is 0. The van der Waals surface area contributed by atoms with Gasteiger partial charge in [-0.05, 0) is 12.2 Å². The normalized spacial score (nSPS) is 15.7. The maximum Gasteiger partial charge on any atom is 0.0706 e. The number of benzene rings is 1. The van der Waals surface area contributed by atoms with Crippen LogP contribution in [-0.4, -0.2) is 0 Å². The predicted molar refractivity (Wildman–Crippen MR) is 64.1 cm³/mol. The highest BCUT2D eigenvalue weighted by Gasteiger charge is 2.22. The summed E-state index contributed by atoms with van der Waals surface area (Å²) in [7, 11) is 0. The molecule has 0 N–H and O–H groups in total. The molecule has 0 saturated carbocycles. The molecule has 1 heterocycles. The van der Waals surface area contributed by atoms with Crippen molar-refractivity contribution in [2.24, 2.45) is 5.41 Å². The van der Waals surface area contributed by atoms with Crippen LogP contribution in [0, 0.1) is 5.41 Å². The minimum Gasteiger partial charge on any atom is -0.252 e. The molecule has 0 fully saturated rings. The molecule has 0 saturated heterocycles. The summed E-state index contributed by atoms with van der Waals surface area (Å²) in [4.78, 5) is 0. The summed E-state index contributed by atoms with van der Waals surface area (Å²) in [5.41, 5.74) is 3.54. The molecule has 1 aliphatic rings. The van der Waals surface area contributed by atoms with E-state index in [1.165, 1.54) is 5.56 Å². The van der Waals surface area contributed by atoms with Gasteiger partial charge in [0, 0.05) is 16.7 Å². The van der Waals surface area contributed by atoms with Gasteiger partial charge in [0.15, 0.2) is 0 Å². The molecule has 0 aromatic heterocycles. The second kappa shape index (κ2) is 3.58. The number of nitrogens with zero attached hydrogens (tertiary/aromatic N) is 1. The molecule has 1 aliphatic heterocycles. The number of rotatable bonds is 1. The molecule has 0 spiro atoms. The lowest BCUT2D eigenvalue weighted by Gasteiger charge is -2.20. The molecule has 15 heavy (non-hydrogen) atoms. The lowest BCUT2D eigenvalue weighted by atomic mass is 9.92. The Kier molecular flexibility index (Phi) is 2.39. The van der Waals surface area contributed by atoms with Gasteiger partial charge in [-0.1, -0.05) is 51.1 Å². The second-order valence-corrected chi connectivity index (χ2v) is 4.83. The number of hydrogen-bond acceptors (Lipinski definition) is 0. The van der Waals surface area contributed by atoms with Crippen LogP contribution in [0.5, 0.6) is 0 Å². The molecule has 0 amide bonds. The van der Waals surface area contributed by atoms with Crippen molar-refractivity contribution in [3.05, 3.63) is 53.7 Å². The zero-order valence-electron chi connectivity index (χ0n) is 9.49. The van der Waals surface area contributed by atoms with Gasteiger partial charge in [0.2, 0.25) is 0 Å². The molecule has 2 rings (SSSR count). The van der Waals surface area contributed by atoms with Crippen LogP contribution in [0.15, 0.2) is 48.2 Å². The van der Waals surface area contributed by atoms with Crippen LogP contribution < -0.4 is 5.32 Å². The van der Waals surface area contributed by atoms with Crippen LogP contribution in [-0.2, 0) is 0 Å². The predicted octanol–water partition coefficient (Wildman–Crippen LogP) is 3.58. The summed E-state index contributed by atoms with van der Waals surface area (Å²) < 4.78 is 0. The molecule has 1 heteroatoms. The van der Waals surface area contributed by atoms with Gasteiger partial charge in [-0.25, -0.2) is 0 Å². The topological polar surface area (TPSA) is 14.1 Å². The molecule has 0 bridgehead atoms. The highest BCUT2D eigenvalue weighted by atomic mass is 14.9. The van der Waals surface area contributed by atoms with Gasteiger partial charge in [-0.3, -0.25) is 5.32 Å². The van der Waals surface area contributed by atoms with Crippen LogP contribution in [0.25, 0.3) is 5.70 Å². The van der Waals surface area contributed by atoms with Crippen molar-refractivity contribution in [1.82, 2.24) is 5.32 Å². The van der Waals surface area contributed by atoms with E-state index in [0.717, 1.165) is 11.4 Å². The smallest absolute Gasteiger partial charge is 0.0706 e. The Balaban J connectivity index is 2.15. The largest absolute Gasteiger partial charge is 0.252 e. The van der Waals surface area contributed by atoms with Crippen molar-refractivity contribution in [2.75, 3.05) is 0 Å². The standard InChI is InChI=1S/C14H16N/c1-14(2,3)13-10-9-12(15-13)11-7-5-4-6-8-11/h4-10H,1-3H3. The van der Waals surface area contributed by atoms with E-state index in [0.29, 0.717) is 0 Å². The first-order chi connectivity index (χ1) is 7.07. The quantitative estimate of drug-likeness (QED) is 0.655. The number of allylic oxidation sites excluding steroid dienone is 3.